The normalized spacial score (nSPS) is 13.0. The standard InChI is InChI=1S/C16H17NO5/c1-16(15(19)20-2,11-22-13-6-4-3-5-7-13)17-14(18)12-8-9-21-10-12/h3-10H,11H2,1-2H3,(H,17,18)/t16-/m1/s1. The number of hydrogen-bond acceptors (Lipinski definition) is 5. The van der Waals surface area contributed by atoms with E-state index in [4.69, 9.17) is 13.9 Å². The van der Waals surface area contributed by atoms with Crippen LogP contribution in [0, 0.1) is 0 Å². The third-order valence-corrected chi connectivity index (χ3v) is 3.08. The van der Waals surface area contributed by atoms with Gasteiger partial charge in [-0.1, -0.05) is 18.2 Å². The molecule has 0 fully saturated rings. The summed E-state index contributed by atoms with van der Waals surface area (Å²) in [5, 5.41) is 2.62. The van der Waals surface area contributed by atoms with Crippen molar-refractivity contribution in [2.24, 2.45) is 0 Å². The van der Waals surface area contributed by atoms with Crippen LogP contribution in [0.2, 0.25) is 0 Å². The number of ether oxygens (including phenoxy) is 2. The summed E-state index contributed by atoms with van der Waals surface area (Å²) in [5.74, 6) is -0.450. The topological polar surface area (TPSA) is 77.8 Å². The van der Waals surface area contributed by atoms with Crippen LogP contribution >= 0.6 is 0 Å². The predicted molar refractivity (Wildman–Crippen MR) is 78.5 cm³/mol. The molecule has 6 heteroatoms. The summed E-state index contributed by atoms with van der Waals surface area (Å²) in [6.45, 7) is 1.48. The molecular weight excluding hydrogens is 286 g/mol. The number of benzene rings is 1. The largest absolute Gasteiger partial charge is 0.491 e. The smallest absolute Gasteiger partial charge is 0.334 e. The maximum Gasteiger partial charge on any atom is 0.334 e. The highest BCUT2D eigenvalue weighted by molar-refractivity contribution is 5.97. The number of rotatable bonds is 6. The monoisotopic (exact) mass is 303 g/mol. The van der Waals surface area contributed by atoms with Crippen molar-refractivity contribution in [3.63, 3.8) is 0 Å². The van der Waals surface area contributed by atoms with Crippen LogP contribution in [-0.2, 0) is 9.53 Å². The van der Waals surface area contributed by atoms with Crippen LogP contribution < -0.4 is 10.1 Å². The number of carbonyl (C=O) groups excluding carboxylic acids is 2. The molecule has 1 atom stereocenters. The third kappa shape index (κ3) is 3.66. The first-order chi connectivity index (χ1) is 10.5. The molecule has 2 aromatic rings. The quantitative estimate of drug-likeness (QED) is 0.826. The number of para-hydroxylation sites is 1. The molecule has 0 unspecified atom stereocenters. The van der Waals surface area contributed by atoms with Gasteiger partial charge in [-0.05, 0) is 25.1 Å². The molecule has 1 amide bonds. The average molecular weight is 303 g/mol. The summed E-state index contributed by atoms with van der Waals surface area (Å²) >= 11 is 0. The zero-order valence-corrected chi connectivity index (χ0v) is 12.4. The first-order valence-corrected chi connectivity index (χ1v) is 6.66. The number of hydrogen-bond donors (Lipinski definition) is 1. The lowest BCUT2D eigenvalue weighted by atomic mass is 10.0. The van der Waals surface area contributed by atoms with E-state index in [2.05, 4.69) is 5.32 Å². The molecule has 0 spiro atoms. The molecule has 0 aliphatic carbocycles. The maximum atomic E-state index is 12.1. The van der Waals surface area contributed by atoms with Gasteiger partial charge in [-0.15, -0.1) is 0 Å². The first-order valence-electron chi connectivity index (χ1n) is 6.66. The number of esters is 1. The molecule has 0 saturated heterocycles. The van der Waals surface area contributed by atoms with Gasteiger partial charge in [0.25, 0.3) is 5.91 Å². The Hall–Kier alpha value is -2.76. The molecule has 0 aliphatic heterocycles. The predicted octanol–water partition coefficient (Wildman–Crippen LogP) is 2.02. The van der Waals surface area contributed by atoms with E-state index in [1.807, 2.05) is 18.2 Å². The van der Waals surface area contributed by atoms with Crippen molar-refractivity contribution in [2.75, 3.05) is 13.7 Å². The molecule has 6 nitrogen and oxygen atoms in total. The van der Waals surface area contributed by atoms with E-state index in [0.717, 1.165) is 0 Å². The molecule has 0 radical (unpaired) electrons. The van der Waals surface area contributed by atoms with Crippen molar-refractivity contribution in [2.45, 2.75) is 12.5 Å². The lowest BCUT2D eigenvalue weighted by molar-refractivity contribution is -0.148. The zero-order chi connectivity index (χ0) is 16.0. The van der Waals surface area contributed by atoms with E-state index in [0.29, 0.717) is 11.3 Å². The lowest BCUT2D eigenvalue weighted by Gasteiger charge is -2.27. The van der Waals surface area contributed by atoms with E-state index in [1.165, 1.54) is 25.7 Å². The van der Waals surface area contributed by atoms with E-state index in [1.54, 1.807) is 19.1 Å². The fourth-order valence-corrected chi connectivity index (χ4v) is 1.83. The van der Waals surface area contributed by atoms with Gasteiger partial charge < -0.3 is 19.2 Å². The Morgan fingerprint density at radius 2 is 1.95 bits per heavy atom. The van der Waals surface area contributed by atoms with Gasteiger partial charge in [0.15, 0.2) is 5.54 Å². The summed E-state index contributed by atoms with van der Waals surface area (Å²) in [4.78, 5) is 24.1. The number of nitrogens with one attached hydrogen (secondary N) is 1. The van der Waals surface area contributed by atoms with Crippen LogP contribution in [0.1, 0.15) is 17.3 Å². The van der Waals surface area contributed by atoms with Gasteiger partial charge in [0.2, 0.25) is 0 Å². The summed E-state index contributed by atoms with van der Waals surface area (Å²) in [7, 11) is 1.26. The number of amides is 1. The zero-order valence-electron chi connectivity index (χ0n) is 12.4. The van der Waals surface area contributed by atoms with Crippen molar-refractivity contribution in [1.82, 2.24) is 5.32 Å². The second kappa shape index (κ2) is 6.80. The van der Waals surface area contributed by atoms with Gasteiger partial charge in [-0.3, -0.25) is 4.79 Å². The van der Waals surface area contributed by atoms with E-state index < -0.39 is 17.4 Å². The number of furan rings is 1. The van der Waals surface area contributed by atoms with Crippen molar-refractivity contribution in [1.29, 1.82) is 0 Å². The van der Waals surface area contributed by atoms with E-state index in [-0.39, 0.29) is 6.61 Å². The van der Waals surface area contributed by atoms with Crippen LogP contribution in [0.25, 0.3) is 0 Å². The third-order valence-electron chi connectivity index (χ3n) is 3.08. The molecule has 116 valence electrons. The van der Waals surface area contributed by atoms with E-state index in [9.17, 15) is 9.59 Å². The first kappa shape index (κ1) is 15.6. The minimum absolute atomic E-state index is 0.0622. The Morgan fingerprint density at radius 3 is 2.55 bits per heavy atom. The number of carbonyl (C=O) groups is 2. The Labute approximate surface area is 128 Å². The SMILES string of the molecule is COC(=O)[C@@](C)(COc1ccccc1)NC(=O)c1ccoc1. The highest BCUT2D eigenvalue weighted by Crippen LogP contribution is 2.14. The van der Waals surface area contributed by atoms with Crippen LogP contribution in [-0.4, -0.2) is 31.1 Å². The molecular formula is C16H17NO5. The van der Waals surface area contributed by atoms with Gasteiger partial charge >= 0.3 is 5.97 Å². The minimum Gasteiger partial charge on any atom is -0.491 e. The summed E-state index contributed by atoms with van der Waals surface area (Å²) in [5.41, 5.74) is -1.01. The molecule has 2 rings (SSSR count). The Kier molecular flexibility index (Phi) is 4.83. The van der Waals surface area contributed by atoms with Crippen molar-refractivity contribution in [3.8, 4) is 5.75 Å². The molecule has 1 heterocycles. The van der Waals surface area contributed by atoms with Gasteiger partial charge in [-0.25, -0.2) is 4.79 Å². The summed E-state index contributed by atoms with van der Waals surface area (Å²) < 4.78 is 15.2. The van der Waals surface area contributed by atoms with Crippen LogP contribution in [0.5, 0.6) is 5.75 Å². The van der Waals surface area contributed by atoms with Crippen molar-refractivity contribution in [3.05, 3.63) is 54.5 Å². The molecule has 1 aromatic heterocycles. The molecule has 1 aromatic carbocycles. The summed E-state index contributed by atoms with van der Waals surface area (Å²) in [6, 6.07) is 10.5. The highest BCUT2D eigenvalue weighted by Gasteiger charge is 2.37. The fourth-order valence-electron chi connectivity index (χ4n) is 1.83. The number of methoxy groups -OCH3 is 1. The highest BCUT2D eigenvalue weighted by atomic mass is 16.5. The summed E-state index contributed by atoms with van der Waals surface area (Å²) in [6.07, 6.45) is 2.68. The average Bonchev–Trinajstić information content (AvgIpc) is 3.08. The van der Waals surface area contributed by atoms with Gasteiger partial charge in [0.05, 0.1) is 18.9 Å². The Balaban J connectivity index is 2.10. The Morgan fingerprint density at radius 1 is 1.23 bits per heavy atom. The van der Waals surface area contributed by atoms with Gasteiger partial charge in [0.1, 0.15) is 18.6 Å². The van der Waals surface area contributed by atoms with Crippen LogP contribution in [0.3, 0.4) is 0 Å². The van der Waals surface area contributed by atoms with Crippen LogP contribution in [0.4, 0.5) is 0 Å². The second-order valence-electron chi connectivity index (χ2n) is 4.89. The van der Waals surface area contributed by atoms with Crippen molar-refractivity contribution < 1.29 is 23.5 Å². The van der Waals surface area contributed by atoms with Gasteiger partial charge in [0, 0.05) is 0 Å². The Bertz CT molecular complexity index is 623. The molecule has 0 bridgehead atoms. The molecule has 22 heavy (non-hydrogen) atoms. The molecule has 0 aliphatic rings. The lowest BCUT2D eigenvalue weighted by Crippen LogP contribution is -2.56. The van der Waals surface area contributed by atoms with Crippen molar-refractivity contribution >= 4 is 11.9 Å². The van der Waals surface area contributed by atoms with Crippen LogP contribution in [0.15, 0.2) is 53.3 Å². The molecule has 1 N–H and O–H groups in total. The minimum atomic E-state index is -1.32. The van der Waals surface area contributed by atoms with Gasteiger partial charge in [-0.2, -0.15) is 0 Å². The fraction of sp³-hybridized carbons (Fsp3) is 0.250. The maximum absolute atomic E-state index is 12.1. The molecule has 0 saturated carbocycles. The second-order valence-corrected chi connectivity index (χ2v) is 4.89. The van der Waals surface area contributed by atoms with E-state index >= 15 is 0 Å².